The fourth-order valence-corrected chi connectivity index (χ4v) is 4.36. The lowest BCUT2D eigenvalue weighted by Gasteiger charge is -2.24. The second-order valence-corrected chi connectivity index (χ2v) is 9.13. The Morgan fingerprint density at radius 1 is 1.18 bits per heavy atom. The molecule has 0 saturated heterocycles. The molecule has 2 aromatic carbocycles. The molecule has 0 spiro atoms. The van der Waals surface area contributed by atoms with Crippen LogP contribution in [0.2, 0.25) is 0 Å². The van der Waals surface area contributed by atoms with E-state index in [1.165, 1.54) is 12.0 Å². The number of anilines is 2. The summed E-state index contributed by atoms with van der Waals surface area (Å²) < 4.78 is 39.4. The number of carbonyl (C=O) groups is 1. The van der Waals surface area contributed by atoms with E-state index in [9.17, 15) is 13.2 Å². The number of carbonyl (C=O) groups excluding carboxylic acids is 1. The molecule has 0 bridgehead atoms. The van der Waals surface area contributed by atoms with Crippen molar-refractivity contribution in [1.29, 1.82) is 0 Å². The maximum atomic E-state index is 12.9. The maximum absolute atomic E-state index is 12.9. The van der Waals surface area contributed by atoms with E-state index in [-0.39, 0.29) is 23.2 Å². The number of methoxy groups -OCH3 is 1. The summed E-state index contributed by atoms with van der Waals surface area (Å²) in [5.41, 5.74) is 0.948. The molecule has 1 aliphatic heterocycles. The SMILES string of the molecule is COc1ccc(C)cc1S(=O)(=O)Nc1ccc2c(c1)N(C)C(=O)C(C)(C)CO2. The molecule has 0 atom stereocenters. The number of aryl methyl sites for hydroxylation is 1. The Kier molecular flexibility index (Phi) is 5.01. The molecule has 1 heterocycles. The number of benzene rings is 2. The van der Waals surface area contributed by atoms with Crippen molar-refractivity contribution in [2.75, 3.05) is 30.4 Å². The molecule has 3 rings (SSSR count). The smallest absolute Gasteiger partial charge is 0.265 e. The first-order chi connectivity index (χ1) is 13.0. The van der Waals surface area contributed by atoms with Gasteiger partial charge in [0.2, 0.25) is 5.91 Å². The van der Waals surface area contributed by atoms with E-state index < -0.39 is 15.4 Å². The number of hydrogen-bond acceptors (Lipinski definition) is 5. The van der Waals surface area contributed by atoms with Gasteiger partial charge in [-0.15, -0.1) is 0 Å². The first-order valence-corrected chi connectivity index (χ1v) is 10.3. The quantitative estimate of drug-likeness (QED) is 0.846. The zero-order chi connectivity index (χ0) is 20.7. The molecule has 0 saturated carbocycles. The molecule has 7 nitrogen and oxygen atoms in total. The molecule has 1 N–H and O–H groups in total. The van der Waals surface area contributed by atoms with Gasteiger partial charge in [0.25, 0.3) is 10.0 Å². The Bertz CT molecular complexity index is 1030. The summed E-state index contributed by atoms with van der Waals surface area (Å²) in [6.45, 7) is 5.67. The predicted molar refractivity (Wildman–Crippen MR) is 108 cm³/mol. The summed E-state index contributed by atoms with van der Waals surface area (Å²) in [5.74, 6) is 0.675. The molecular weight excluding hydrogens is 380 g/mol. The number of hydrogen-bond donors (Lipinski definition) is 1. The van der Waals surface area contributed by atoms with E-state index in [4.69, 9.17) is 9.47 Å². The van der Waals surface area contributed by atoms with E-state index in [0.29, 0.717) is 17.1 Å². The van der Waals surface area contributed by atoms with Gasteiger partial charge in [-0.05, 0) is 56.7 Å². The molecule has 2 aromatic rings. The number of sulfonamides is 1. The fourth-order valence-electron chi connectivity index (χ4n) is 3.05. The molecule has 0 fully saturated rings. The summed E-state index contributed by atoms with van der Waals surface area (Å²) in [4.78, 5) is 14.2. The van der Waals surface area contributed by atoms with Crippen molar-refractivity contribution in [3.63, 3.8) is 0 Å². The van der Waals surface area contributed by atoms with Crippen LogP contribution in [0, 0.1) is 12.3 Å². The molecule has 1 aliphatic rings. The van der Waals surface area contributed by atoms with Gasteiger partial charge in [-0.1, -0.05) is 6.07 Å². The average molecular weight is 404 g/mol. The van der Waals surface area contributed by atoms with Crippen molar-refractivity contribution >= 4 is 27.3 Å². The minimum Gasteiger partial charge on any atom is -0.495 e. The van der Waals surface area contributed by atoms with Gasteiger partial charge in [-0.25, -0.2) is 8.42 Å². The average Bonchev–Trinajstić information content (AvgIpc) is 2.72. The summed E-state index contributed by atoms with van der Waals surface area (Å²) in [7, 11) is -0.813. The molecular formula is C20H24N2O5S. The van der Waals surface area contributed by atoms with Crippen LogP contribution >= 0.6 is 0 Å². The third-order valence-corrected chi connectivity index (χ3v) is 6.06. The highest BCUT2D eigenvalue weighted by Crippen LogP contribution is 2.38. The van der Waals surface area contributed by atoms with Gasteiger partial charge in [0.1, 0.15) is 23.0 Å². The van der Waals surface area contributed by atoms with Gasteiger partial charge in [0.15, 0.2) is 0 Å². The van der Waals surface area contributed by atoms with Crippen LogP contribution in [0.25, 0.3) is 0 Å². The predicted octanol–water partition coefficient (Wildman–Crippen LogP) is 3.19. The second kappa shape index (κ2) is 7.01. The molecule has 0 radical (unpaired) electrons. The number of fused-ring (bicyclic) bond motifs is 1. The first kappa shape index (κ1) is 20.0. The summed E-state index contributed by atoms with van der Waals surface area (Å²) in [5, 5.41) is 0. The molecule has 0 aliphatic carbocycles. The molecule has 1 amide bonds. The Hall–Kier alpha value is -2.74. The van der Waals surface area contributed by atoms with E-state index in [2.05, 4.69) is 4.72 Å². The topological polar surface area (TPSA) is 84.9 Å². The molecule has 8 heteroatoms. The largest absolute Gasteiger partial charge is 0.495 e. The van der Waals surface area contributed by atoms with Crippen molar-refractivity contribution < 1.29 is 22.7 Å². The minimum absolute atomic E-state index is 0.0479. The molecule has 28 heavy (non-hydrogen) atoms. The summed E-state index contributed by atoms with van der Waals surface area (Å²) in [6.07, 6.45) is 0. The monoisotopic (exact) mass is 404 g/mol. The van der Waals surface area contributed by atoms with E-state index in [1.807, 2.05) is 13.8 Å². The summed E-state index contributed by atoms with van der Waals surface area (Å²) in [6, 6.07) is 9.80. The van der Waals surface area contributed by atoms with E-state index >= 15 is 0 Å². The maximum Gasteiger partial charge on any atom is 0.265 e. The van der Waals surface area contributed by atoms with Crippen LogP contribution in [-0.4, -0.2) is 35.1 Å². The lowest BCUT2D eigenvalue weighted by atomic mass is 9.93. The zero-order valence-corrected chi connectivity index (χ0v) is 17.4. The zero-order valence-electron chi connectivity index (χ0n) is 16.6. The van der Waals surface area contributed by atoms with Crippen molar-refractivity contribution in [3.05, 3.63) is 42.0 Å². The van der Waals surface area contributed by atoms with Crippen LogP contribution in [0.4, 0.5) is 11.4 Å². The van der Waals surface area contributed by atoms with Crippen LogP contribution in [0.5, 0.6) is 11.5 Å². The van der Waals surface area contributed by atoms with Gasteiger partial charge >= 0.3 is 0 Å². The Labute approximate surface area is 165 Å². The highest BCUT2D eigenvalue weighted by Gasteiger charge is 2.36. The minimum atomic E-state index is -3.89. The van der Waals surface area contributed by atoms with Gasteiger partial charge in [-0.2, -0.15) is 0 Å². The third-order valence-electron chi connectivity index (χ3n) is 4.65. The number of rotatable bonds is 4. The third kappa shape index (κ3) is 3.64. The first-order valence-electron chi connectivity index (χ1n) is 8.77. The highest BCUT2D eigenvalue weighted by atomic mass is 32.2. The van der Waals surface area contributed by atoms with Crippen LogP contribution in [0.3, 0.4) is 0 Å². The molecule has 0 aromatic heterocycles. The Balaban J connectivity index is 1.98. The lowest BCUT2D eigenvalue weighted by molar-refractivity contribution is -0.127. The normalized spacial score (nSPS) is 16.0. The van der Waals surface area contributed by atoms with Crippen molar-refractivity contribution in [3.8, 4) is 11.5 Å². The van der Waals surface area contributed by atoms with Crippen molar-refractivity contribution in [2.24, 2.45) is 5.41 Å². The molecule has 0 unspecified atom stereocenters. The Morgan fingerprint density at radius 3 is 2.57 bits per heavy atom. The van der Waals surface area contributed by atoms with E-state index in [1.54, 1.807) is 50.4 Å². The number of amides is 1. The number of ether oxygens (including phenoxy) is 2. The molecule has 150 valence electrons. The van der Waals surface area contributed by atoms with Crippen LogP contribution in [0.1, 0.15) is 19.4 Å². The van der Waals surface area contributed by atoms with Gasteiger partial charge in [-0.3, -0.25) is 9.52 Å². The van der Waals surface area contributed by atoms with Gasteiger partial charge in [0.05, 0.1) is 23.9 Å². The Morgan fingerprint density at radius 2 is 1.89 bits per heavy atom. The van der Waals surface area contributed by atoms with Crippen LogP contribution in [-0.2, 0) is 14.8 Å². The second-order valence-electron chi connectivity index (χ2n) is 7.48. The van der Waals surface area contributed by atoms with Gasteiger partial charge in [0, 0.05) is 7.05 Å². The van der Waals surface area contributed by atoms with E-state index in [0.717, 1.165) is 5.56 Å². The lowest BCUT2D eigenvalue weighted by Crippen LogP contribution is -2.39. The number of nitrogens with one attached hydrogen (secondary N) is 1. The van der Waals surface area contributed by atoms with Crippen molar-refractivity contribution in [1.82, 2.24) is 0 Å². The fraction of sp³-hybridized carbons (Fsp3) is 0.350. The van der Waals surface area contributed by atoms with Crippen molar-refractivity contribution in [2.45, 2.75) is 25.7 Å². The summed E-state index contributed by atoms with van der Waals surface area (Å²) >= 11 is 0. The van der Waals surface area contributed by atoms with Crippen LogP contribution < -0.4 is 19.1 Å². The van der Waals surface area contributed by atoms with Gasteiger partial charge < -0.3 is 14.4 Å². The number of nitrogens with zero attached hydrogens (tertiary/aromatic N) is 1. The highest BCUT2D eigenvalue weighted by molar-refractivity contribution is 7.92. The standard InChI is InChI=1S/C20H24N2O5S/c1-13-6-8-17(26-5)18(10-13)28(24,25)21-14-7-9-16-15(11-14)22(4)19(23)20(2,3)12-27-16/h6-11,21H,12H2,1-5H3. The van der Waals surface area contributed by atoms with Crippen LogP contribution in [0.15, 0.2) is 41.3 Å².